The van der Waals surface area contributed by atoms with Crippen molar-refractivity contribution in [3.63, 3.8) is 0 Å². The van der Waals surface area contributed by atoms with Crippen LogP contribution in [0.3, 0.4) is 0 Å². The quantitative estimate of drug-likeness (QED) is 0.556. The Bertz CT molecular complexity index is 353. The number of rotatable bonds is 5. The molecule has 0 aromatic rings. The molecule has 16 heavy (non-hydrogen) atoms. The molecule has 0 unspecified atom stereocenters. The van der Waals surface area contributed by atoms with Gasteiger partial charge >= 0.3 is 0 Å². The molecule has 0 aromatic carbocycles. The third kappa shape index (κ3) is 9.01. The van der Waals surface area contributed by atoms with E-state index in [4.69, 9.17) is 0 Å². The van der Waals surface area contributed by atoms with Crippen LogP contribution in [0.5, 0.6) is 0 Å². The molecular weight excluding hydrogens is 192 g/mol. The lowest BCUT2D eigenvalue weighted by Crippen LogP contribution is -1.68. The SMILES string of the molecule is C=C/C=C(C)/C=C/C=C(C)/C=C/C=C(C)C. The zero-order valence-electron chi connectivity index (χ0n) is 10.8. The molecule has 0 N–H and O–H groups in total. The number of hydrogen-bond donors (Lipinski definition) is 0. The maximum atomic E-state index is 3.66. The molecule has 0 atom stereocenters. The summed E-state index contributed by atoms with van der Waals surface area (Å²) in [6.45, 7) is 12.0. The van der Waals surface area contributed by atoms with Crippen molar-refractivity contribution in [2.24, 2.45) is 0 Å². The molecule has 0 heterocycles. The van der Waals surface area contributed by atoms with E-state index in [1.807, 2.05) is 6.08 Å². The molecule has 0 spiro atoms. The van der Waals surface area contributed by atoms with Crippen LogP contribution in [-0.2, 0) is 0 Å². The van der Waals surface area contributed by atoms with Crippen molar-refractivity contribution in [3.05, 3.63) is 71.9 Å². The average Bonchev–Trinajstić information content (AvgIpc) is 2.17. The van der Waals surface area contributed by atoms with Gasteiger partial charge in [-0.25, -0.2) is 0 Å². The van der Waals surface area contributed by atoms with E-state index in [2.05, 4.69) is 70.7 Å². The molecule has 0 aliphatic rings. The van der Waals surface area contributed by atoms with Crippen LogP contribution in [-0.4, -0.2) is 0 Å². The summed E-state index contributed by atoms with van der Waals surface area (Å²) in [5.74, 6) is 0. The maximum Gasteiger partial charge on any atom is -0.0398 e. The van der Waals surface area contributed by atoms with E-state index in [9.17, 15) is 0 Å². The molecule has 0 saturated carbocycles. The van der Waals surface area contributed by atoms with Crippen LogP contribution in [0.2, 0.25) is 0 Å². The predicted octanol–water partition coefficient (Wildman–Crippen LogP) is 5.14. The summed E-state index contributed by atoms with van der Waals surface area (Å²) < 4.78 is 0. The summed E-state index contributed by atoms with van der Waals surface area (Å²) in [4.78, 5) is 0. The Morgan fingerprint density at radius 3 is 1.75 bits per heavy atom. The minimum absolute atomic E-state index is 1.20. The largest absolute Gasteiger partial charge is 0.0991 e. The molecule has 0 nitrogen and oxygen atoms in total. The highest BCUT2D eigenvalue weighted by Crippen LogP contribution is 2.00. The molecular formula is C16H22. The Hall–Kier alpha value is -1.56. The first-order valence-electron chi connectivity index (χ1n) is 5.52. The van der Waals surface area contributed by atoms with E-state index in [-0.39, 0.29) is 0 Å². The second kappa shape index (κ2) is 8.72. The van der Waals surface area contributed by atoms with Gasteiger partial charge in [0.2, 0.25) is 0 Å². The first-order valence-corrected chi connectivity index (χ1v) is 5.52. The number of hydrogen-bond acceptors (Lipinski definition) is 0. The summed E-state index contributed by atoms with van der Waals surface area (Å²) in [7, 11) is 0. The van der Waals surface area contributed by atoms with E-state index in [0.29, 0.717) is 0 Å². The van der Waals surface area contributed by atoms with Crippen molar-refractivity contribution in [3.8, 4) is 0 Å². The fraction of sp³-hybridized carbons (Fsp3) is 0.250. The topological polar surface area (TPSA) is 0 Å². The van der Waals surface area contributed by atoms with E-state index >= 15 is 0 Å². The van der Waals surface area contributed by atoms with Crippen LogP contribution in [0.25, 0.3) is 0 Å². The van der Waals surface area contributed by atoms with Crippen molar-refractivity contribution in [1.82, 2.24) is 0 Å². The van der Waals surface area contributed by atoms with Crippen LogP contribution in [0.15, 0.2) is 71.9 Å². The van der Waals surface area contributed by atoms with Crippen LogP contribution in [0, 0.1) is 0 Å². The van der Waals surface area contributed by atoms with Crippen molar-refractivity contribution >= 4 is 0 Å². The Morgan fingerprint density at radius 2 is 1.25 bits per heavy atom. The third-order valence-electron chi connectivity index (χ3n) is 1.89. The Labute approximate surface area is 100 Å². The number of allylic oxidation sites excluding steroid dienone is 11. The van der Waals surface area contributed by atoms with Gasteiger partial charge in [-0.1, -0.05) is 71.9 Å². The highest BCUT2D eigenvalue weighted by atomic mass is 13.9. The van der Waals surface area contributed by atoms with Gasteiger partial charge in [-0.15, -0.1) is 0 Å². The predicted molar refractivity (Wildman–Crippen MR) is 75.4 cm³/mol. The van der Waals surface area contributed by atoms with E-state index < -0.39 is 0 Å². The zero-order chi connectivity index (χ0) is 12.4. The first kappa shape index (κ1) is 14.4. The van der Waals surface area contributed by atoms with Gasteiger partial charge in [0, 0.05) is 0 Å². The zero-order valence-corrected chi connectivity index (χ0v) is 10.8. The smallest absolute Gasteiger partial charge is 0.0398 e. The Balaban J connectivity index is 4.35. The lowest BCUT2D eigenvalue weighted by atomic mass is 10.2. The molecule has 0 aliphatic heterocycles. The molecule has 0 aromatic heterocycles. The van der Waals surface area contributed by atoms with Crippen LogP contribution >= 0.6 is 0 Å². The summed E-state index contributed by atoms with van der Waals surface area (Å²) in [6.07, 6.45) is 16.3. The van der Waals surface area contributed by atoms with Gasteiger partial charge in [-0.3, -0.25) is 0 Å². The fourth-order valence-corrected chi connectivity index (χ4v) is 1.04. The Morgan fingerprint density at radius 1 is 0.750 bits per heavy atom. The van der Waals surface area contributed by atoms with Gasteiger partial charge in [0.25, 0.3) is 0 Å². The monoisotopic (exact) mass is 214 g/mol. The van der Waals surface area contributed by atoms with E-state index in [0.717, 1.165) is 0 Å². The summed E-state index contributed by atoms with van der Waals surface area (Å²) in [5, 5.41) is 0. The van der Waals surface area contributed by atoms with Gasteiger partial charge in [-0.2, -0.15) is 0 Å². The third-order valence-corrected chi connectivity index (χ3v) is 1.89. The van der Waals surface area contributed by atoms with Crippen molar-refractivity contribution < 1.29 is 0 Å². The second-order valence-corrected chi connectivity index (χ2v) is 4.02. The average molecular weight is 214 g/mol. The molecule has 0 fully saturated rings. The molecule has 0 radical (unpaired) electrons. The van der Waals surface area contributed by atoms with Crippen molar-refractivity contribution in [1.29, 1.82) is 0 Å². The fourth-order valence-electron chi connectivity index (χ4n) is 1.04. The minimum atomic E-state index is 1.20. The van der Waals surface area contributed by atoms with Crippen LogP contribution in [0.4, 0.5) is 0 Å². The summed E-state index contributed by atoms with van der Waals surface area (Å²) in [5.41, 5.74) is 3.75. The maximum absolute atomic E-state index is 3.66. The van der Waals surface area contributed by atoms with Crippen LogP contribution in [0.1, 0.15) is 27.7 Å². The highest BCUT2D eigenvalue weighted by Gasteiger charge is 1.79. The normalized spacial score (nSPS) is 13.5. The van der Waals surface area contributed by atoms with Crippen molar-refractivity contribution in [2.45, 2.75) is 27.7 Å². The second-order valence-electron chi connectivity index (χ2n) is 4.02. The summed E-state index contributed by atoms with van der Waals surface area (Å²) >= 11 is 0. The van der Waals surface area contributed by atoms with Gasteiger partial charge in [0.05, 0.1) is 0 Å². The molecule has 0 aliphatic carbocycles. The molecule has 0 amide bonds. The lowest BCUT2D eigenvalue weighted by Gasteiger charge is -1.89. The summed E-state index contributed by atoms with van der Waals surface area (Å²) in [6, 6.07) is 0. The van der Waals surface area contributed by atoms with E-state index in [1.54, 1.807) is 6.08 Å². The minimum Gasteiger partial charge on any atom is -0.0991 e. The highest BCUT2D eigenvalue weighted by molar-refractivity contribution is 5.29. The lowest BCUT2D eigenvalue weighted by molar-refractivity contribution is 1.39. The van der Waals surface area contributed by atoms with Gasteiger partial charge < -0.3 is 0 Å². The van der Waals surface area contributed by atoms with E-state index in [1.165, 1.54) is 16.7 Å². The Kier molecular flexibility index (Phi) is 7.87. The standard InChI is InChI=1S/C16H22/c1-6-9-15(4)12-8-13-16(5)11-7-10-14(2)3/h6-13H,1H2,2-5H3/b11-7+,12-8+,15-9+,16-13+. The molecule has 0 heteroatoms. The van der Waals surface area contributed by atoms with Crippen LogP contribution < -0.4 is 0 Å². The molecule has 0 saturated heterocycles. The molecule has 0 rings (SSSR count). The molecule has 0 bridgehead atoms. The van der Waals surface area contributed by atoms with Gasteiger partial charge in [0.15, 0.2) is 0 Å². The van der Waals surface area contributed by atoms with Gasteiger partial charge in [-0.05, 0) is 27.7 Å². The van der Waals surface area contributed by atoms with Gasteiger partial charge in [0.1, 0.15) is 0 Å². The molecule has 86 valence electrons. The van der Waals surface area contributed by atoms with Crippen molar-refractivity contribution in [2.75, 3.05) is 0 Å². The first-order chi connectivity index (χ1) is 7.56.